The molecule has 2 rings (SSSR count). The van der Waals surface area contributed by atoms with Gasteiger partial charge < -0.3 is 9.64 Å². The predicted octanol–water partition coefficient (Wildman–Crippen LogP) is 3.09. The van der Waals surface area contributed by atoms with E-state index in [9.17, 15) is 8.78 Å². The minimum absolute atomic E-state index is 0.00613. The van der Waals surface area contributed by atoms with Gasteiger partial charge in [0.05, 0.1) is 18.2 Å². The SMILES string of the molecule is CCOCC1CCCN(c2c(F)cc(C#N)cc2F)C1. The second-order valence-electron chi connectivity index (χ2n) is 5.01. The molecule has 0 aromatic heterocycles. The zero-order chi connectivity index (χ0) is 14.5. The van der Waals surface area contributed by atoms with Gasteiger partial charge in [0.1, 0.15) is 5.69 Å². The number of halogens is 2. The number of rotatable bonds is 4. The van der Waals surface area contributed by atoms with E-state index in [1.54, 1.807) is 11.0 Å². The van der Waals surface area contributed by atoms with Crippen LogP contribution in [-0.4, -0.2) is 26.3 Å². The highest BCUT2D eigenvalue weighted by Gasteiger charge is 2.25. The molecule has 1 aliphatic rings. The Labute approximate surface area is 117 Å². The Bertz CT molecular complexity index is 490. The fraction of sp³-hybridized carbons (Fsp3) is 0.533. The van der Waals surface area contributed by atoms with Crippen LogP contribution in [0.1, 0.15) is 25.3 Å². The van der Waals surface area contributed by atoms with Gasteiger partial charge in [-0.15, -0.1) is 0 Å². The lowest BCUT2D eigenvalue weighted by Crippen LogP contribution is -2.38. The van der Waals surface area contributed by atoms with Crippen LogP contribution < -0.4 is 4.90 Å². The van der Waals surface area contributed by atoms with E-state index in [4.69, 9.17) is 10.00 Å². The Kier molecular flexibility index (Phi) is 4.91. The van der Waals surface area contributed by atoms with Crippen LogP contribution in [0.3, 0.4) is 0 Å². The molecule has 0 aliphatic carbocycles. The van der Waals surface area contributed by atoms with Crippen molar-refractivity contribution < 1.29 is 13.5 Å². The maximum absolute atomic E-state index is 14.0. The minimum atomic E-state index is -0.668. The van der Waals surface area contributed by atoms with E-state index >= 15 is 0 Å². The van der Waals surface area contributed by atoms with Crippen LogP contribution in [0.15, 0.2) is 12.1 Å². The Morgan fingerprint density at radius 2 is 2.10 bits per heavy atom. The van der Waals surface area contributed by atoms with Gasteiger partial charge >= 0.3 is 0 Å². The highest BCUT2D eigenvalue weighted by atomic mass is 19.1. The van der Waals surface area contributed by atoms with Crippen LogP contribution in [0.4, 0.5) is 14.5 Å². The average molecular weight is 280 g/mol. The molecule has 1 unspecified atom stereocenters. The van der Waals surface area contributed by atoms with Crippen molar-refractivity contribution in [2.24, 2.45) is 5.92 Å². The van der Waals surface area contributed by atoms with E-state index in [-0.39, 0.29) is 17.2 Å². The number of anilines is 1. The summed E-state index contributed by atoms with van der Waals surface area (Å²) in [6.45, 7) is 4.41. The second-order valence-corrected chi connectivity index (χ2v) is 5.01. The summed E-state index contributed by atoms with van der Waals surface area (Å²) in [5.41, 5.74) is -0.0168. The Morgan fingerprint density at radius 1 is 1.40 bits per heavy atom. The van der Waals surface area contributed by atoms with Gasteiger partial charge in [-0.2, -0.15) is 5.26 Å². The largest absolute Gasteiger partial charge is 0.381 e. The number of benzene rings is 1. The van der Waals surface area contributed by atoms with Gasteiger partial charge in [-0.05, 0) is 37.8 Å². The average Bonchev–Trinajstić information content (AvgIpc) is 2.44. The number of hydrogen-bond acceptors (Lipinski definition) is 3. The molecule has 1 aromatic carbocycles. The van der Waals surface area contributed by atoms with E-state index in [0.29, 0.717) is 26.3 Å². The normalized spacial score (nSPS) is 18.9. The van der Waals surface area contributed by atoms with Crippen molar-refractivity contribution in [3.8, 4) is 6.07 Å². The minimum Gasteiger partial charge on any atom is -0.381 e. The molecule has 1 aliphatic heterocycles. The summed E-state index contributed by atoms with van der Waals surface area (Å²) < 4.78 is 33.4. The number of piperidine rings is 1. The summed E-state index contributed by atoms with van der Waals surface area (Å²) in [6.07, 6.45) is 1.90. The van der Waals surface area contributed by atoms with Crippen LogP contribution >= 0.6 is 0 Å². The molecule has 1 fully saturated rings. The zero-order valence-corrected chi connectivity index (χ0v) is 11.5. The maximum Gasteiger partial charge on any atom is 0.150 e. The van der Waals surface area contributed by atoms with Gasteiger partial charge in [0.15, 0.2) is 11.6 Å². The van der Waals surface area contributed by atoms with Gasteiger partial charge in [0.2, 0.25) is 0 Å². The first-order valence-electron chi connectivity index (χ1n) is 6.87. The first-order valence-corrected chi connectivity index (χ1v) is 6.87. The van der Waals surface area contributed by atoms with Crippen LogP contribution in [0.2, 0.25) is 0 Å². The number of nitrogens with zero attached hydrogens (tertiary/aromatic N) is 2. The Hall–Kier alpha value is -1.67. The van der Waals surface area contributed by atoms with Crippen molar-refractivity contribution in [1.82, 2.24) is 0 Å². The summed E-state index contributed by atoms with van der Waals surface area (Å²) in [5.74, 6) is -1.05. The van der Waals surface area contributed by atoms with E-state index in [1.807, 2.05) is 6.92 Å². The lowest BCUT2D eigenvalue weighted by Gasteiger charge is -2.34. The first-order chi connectivity index (χ1) is 9.65. The van der Waals surface area contributed by atoms with Crippen molar-refractivity contribution >= 4 is 5.69 Å². The molecule has 0 spiro atoms. The molecular formula is C15H18F2N2O. The van der Waals surface area contributed by atoms with Crippen LogP contribution in [0.5, 0.6) is 0 Å². The summed E-state index contributed by atoms with van der Waals surface area (Å²) >= 11 is 0. The van der Waals surface area contributed by atoms with E-state index in [2.05, 4.69) is 0 Å². The molecule has 108 valence electrons. The summed E-state index contributed by atoms with van der Waals surface area (Å²) in [4.78, 5) is 1.72. The lowest BCUT2D eigenvalue weighted by molar-refractivity contribution is 0.104. The van der Waals surface area contributed by atoms with Gasteiger partial charge in [-0.3, -0.25) is 0 Å². The highest BCUT2D eigenvalue weighted by molar-refractivity contribution is 5.53. The van der Waals surface area contributed by atoms with Crippen LogP contribution in [0.25, 0.3) is 0 Å². The molecule has 0 radical (unpaired) electrons. The maximum atomic E-state index is 14.0. The predicted molar refractivity (Wildman–Crippen MR) is 72.5 cm³/mol. The molecule has 0 bridgehead atoms. The Balaban J connectivity index is 2.17. The number of hydrogen-bond donors (Lipinski definition) is 0. The third-order valence-corrected chi connectivity index (χ3v) is 3.54. The highest BCUT2D eigenvalue weighted by Crippen LogP contribution is 2.29. The Morgan fingerprint density at radius 3 is 2.70 bits per heavy atom. The lowest BCUT2D eigenvalue weighted by atomic mass is 9.98. The van der Waals surface area contributed by atoms with Crippen LogP contribution in [0, 0.1) is 28.9 Å². The molecule has 1 atom stereocenters. The van der Waals surface area contributed by atoms with E-state index in [1.165, 1.54) is 0 Å². The monoisotopic (exact) mass is 280 g/mol. The molecule has 20 heavy (non-hydrogen) atoms. The van der Waals surface area contributed by atoms with Crippen molar-refractivity contribution in [2.45, 2.75) is 19.8 Å². The van der Waals surface area contributed by atoms with E-state index < -0.39 is 11.6 Å². The van der Waals surface area contributed by atoms with Gasteiger partial charge in [0.25, 0.3) is 0 Å². The molecule has 0 saturated carbocycles. The van der Waals surface area contributed by atoms with E-state index in [0.717, 1.165) is 25.0 Å². The smallest absolute Gasteiger partial charge is 0.150 e. The number of ether oxygens (including phenoxy) is 1. The summed E-state index contributed by atoms with van der Waals surface area (Å²) in [6, 6.07) is 3.93. The zero-order valence-electron chi connectivity index (χ0n) is 11.5. The molecule has 0 N–H and O–H groups in total. The fourth-order valence-electron chi connectivity index (χ4n) is 2.62. The van der Waals surface area contributed by atoms with Gasteiger partial charge in [-0.25, -0.2) is 8.78 Å². The third kappa shape index (κ3) is 3.26. The molecule has 0 amide bonds. The molecule has 5 heteroatoms. The van der Waals surface area contributed by atoms with Crippen molar-refractivity contribution in [3.05, 3.63) is 29.3 Å². The molecule has 1 heterocycles. The number of nitriles is 1. The van der Waals surface area contributed by atoms with Crippen molar-refractivity contribution in [2.75, 3.05) is 31.2 Å². The standard InChI is InChI=1S/C15H18F2N2O/c1-2-20-10-11-4-3-5-19(9-11)15-13(16)6-12(8-18)7-14(15)17/h6-7,11H,2-5,9-10H2,1H3. The second kappa shape index (κ2) is 6.67. The topological polar surface area (TPSA) is 36.3 Å². The third-order valence-electron chi connectivity index (χ3n) is 3.54. The summed E-state index contributed by atoms with van der Waals surface area (Å²) in [7, 11) is 0. The molecule has 1 saturated heterocycles. The van der Waals surface area contributed by atoms with Gasteiger partial charge in [-0.1, -0.05) is 0 Å². The molecular weight excluding hydrogens is 262 g/mol. The van der Waals surface area contributed by atoms with Crippen LogP contribution in [-0.2, 0) is 4.74 Å². The fourth-order valence-corrected chi connectivity index (χ4v) is 2.62. The first kappa shape index (κ1) is 14.7. The summed E-state index contributed by atoms with van der Waals surface area (Å²) in [5, 5.41) is 8.71. The van der Waals surface area contributed by atoms with Crippen molar-refractivity contribution in [1.29, 1.82) is 5.26 Å². The molecule has 3 nitrogen and oxygen atoms in total. The van der Waals surface area contributed by atoms with Gasteiger partial charge in [0, 0.05) is 19.7 Å². The molecule has 1 aromatic rings. The van der Waals surface area contributed by atoms with Crippen molar-refractivity contribution in [3.63, 3.8) is 0 Å². The quantitative estimate of drug-likeness (QED) is 0.850.